The maximum absolute atomic E-state index is 11.9. The predicted octanol–water partition coefficient (Wildman–Crippen LogP) is 3.32. The van der Waals surface area contributed by atoms with E-state index in [4.69, 9.17) is 4.74 Å². The summed E-state index contributed by atoms with van der Waals surface area (Å²) < 4.78 is 4.98. The largest absolute Gasteiger partial charge is 0.451 e. The molecule has 1 N–H and O–H groups in total. The zero-order valence-electron chi connectivity index (χ0n) is 13.2. The number of nitrogens with one attached hydrogen (secondary N) is 1. The molecule has 1 amide bonds. The van der Waals surface area contributed by atoms with Crippen LogP contribution in [0.15, 0.2) is 30.3 Å². The van der Waals surface area contributed by atoms with Crippen LogP contribution in [0.2, 0.25) is 0 Å². The summed E-state index contributed by atoms with van der Waals surface area (Å²) in [6.45, 7) is 3.46. The molecule has 7 nitrogen and oxygen atoms in total. The van der Waals surface area contributed by atoms with Crippen molar-refractivity contribution in [2.24, 2.45) is 0 Å². The molecular formula is C16H16N2O5S. The van der Waals surface area contributed by atoms with Crippen LogP contribution >= 0.6 is 11.3 Å². The van der Waals surface area contributed by atoms with Crippen molar-refractivity contribution >= 4 is 34.6 Å². The van der Waals surface area contributed by atoms with Crippen molar-refractivity contribution in [3.8, 4) is 0 Å². The first-order chi connectivity index (χ1) is 11.4. The first-order valence-corrected chi connectivity index (χ1v) is 8.03. The van der Waals surface area contributed by atoms with Crippen LogP contribution < -0.4 is 5.32 Å². The van der Waals surface area contributed by atoms with Gasteiger partial charge in [-0.3, -0.25) is 14.9 Å². The number of nitrogens with zero attached hydrogens (tertiary/aromatic N) is 1. The van der Waals surface area contributed by atoms with Gasteiger partial charge in [-0.15, -0.1) is 11.3 Å². The van der Waals surface area contributed by atoms with Gasteiger partial charge in [0.25, 0.3) is 11.6 Å². The van der Waals surface area contributed by atoms with Gasteiger partial charge in [-0.2, -0.15) is 0 Å². The second-order valence-corrected chi connectivity index (χ2v) is 6.23. The highest BCUT2D eigenvalue weighted by Gasteiger charge is 2.15. The highest BCUT2D eigenvalue weighted by molar-refractivity contribution is 7.14. The number of amides is 1. The van der Waals surface area contributed by atoms with Gasteiger partial charge in [-0.05, 0) is 31.0 Å². The van der Waals surface area contributed by atoms with Gasteiger partial charge in [0, 0.05) is 22.7 Å². The smallest absolute Gasteiger partial charge is 0.348 e. The minimum atomic E-state index is -0.562. The zero-order valence-corrected chi connectivity index (χ0v) is 14.0. The Kier molecular flexibility index (Phi) is 5.64. The fraction of sp³-hybridized carbons (Fsp3) is 0.250. The summed E-state index contributed by atoms with van der Waals surface area (Å²) in [5, 5.41) is 13.1. The zero-order chi connectivity index (χ0) is 17.7. The molecule has 1 aromatic carbocycles. The Balaban J connectivity index is 1.91. The van der Waals surface area contributed by atoms with E-state index in [1.165, 1.54) is 35.6 Å². The third kappa shape index (κ3) is 4.39. The molecule has 0 spiro atoms. The molecule has 2 aromatic rings. The first kappa shape index (κ1) is 17.6. The Labute approximate surface area is 142 Å². The summed E-state index contributed by atoms with van der Waals surface area (Å²) in [5.41, 5.74) is 1.21. The van der Waals surface area contributed by atoms with Crippen LogP contribution in [0.5, 0.6) is 0 Å². The number of nitro benzene ring substituents is 1. The van der Waals surface area contributed by atoms with Crippen molar-refractivity contribution in [3.05, 3.63) is 55.8 Å². The maximum Gasteiger partial charge on any atom is 0.348 e. The molecule has 2 rings (SSSR count). The van der Waals surface area contributed by atoms with Gasteiger partial charge in [0.1, 0.15) is 4.88 Å². The Hall–Kier alpha value is -2.74. The predicted molar refractivity (Wildman–Crippen MR) is 90.4 cm³/mol. The molecule has 8 heteroatoms. The van der Waals surface area contributed by atoms with Crippen LogP contribution in [0.25, 0.3) is 0 Å². The lowest BCUT2D eigenvalue weighted by Crippen LogP contribution is -2.20. The summed E-state index contributed by atoms with van der Waals surface area (Å²) in [7, 11) is 0. The molecule has 0 radical (unpaired) electrons. The monoisotopic (exact) mass is 348 g/mol. The number of carbonyl (C=O) groups is 2. The summed E-state index contributed by atoms with van der Waals surface area (Å²) >= 11 is 1.33. The molecule has 0 atom stereocenters. The molecule has 0 saturated heterocycles. The Morgan fingerprint density at radius 2 is 2.08 bits per heavy atom. The van der Waals surface area contributed by atoms with Gasteiger partial charge in [0.2, 0.25) is 0 Å². The van der Waals surface area contributed by atoms with Gasteiger partial charge < -0.3 is 10.1 Å². The van der Waals surface area contributed by atoms with E-state index in [1.807, 2.05) is 13.8 Å². The van der Waals surface area contributed by atoms with Crippen molar-refractivity contribution in [2.45, 2.75) is 20.3 Å². The lowest BCUT2D eigenvalue weighted by atomic mass is 10.2. The molecule has 24 heavy (non-hydrogen) atoms. The highest BCUT2D eigenvalue weighted by atomic mass is 32.1. The molecule has 0 saturated carbocycles. The normalized spacial score (nSPS) is 10.2. The van der Waals surface area contributed by atoms with Crippen LogP contribution in [-0.2, 0) is 16.0 Å². The molecule has 0 aliphatic heterocycles. The topological polar surface area (TPSA) is 98.5 Å². The highest BCUT2D eigenvalue weighted by Crippen LogP contribution is 2.22. The number of thiophene rings is 1. The average Bonchev–Trinajstić information content (AvgIpc) is 2.94. The van der Waals surface area contributed by atoms with Crippen LogP contribution in [-0.4, -0.2) is 23.4 Å². The summed E-state index contributed by atoms with van der Waals surface area (Å²) in [5.74, 6) is -1.12. The molecular weight excluding hydrogens is 332 g/mol. The van der Waals surface area contributed by atoms with E-state index >= 15 is 0 Å². The van der Waals surface area contributed by atoms with E-state index in [9.17, 15) is 19.7 Å². The second kappa shape index (κ2) is 7.69. The van der Waals surface area contributed by atoms with E-state index in [0.29, 0.717) is 4.88 Å². The van der Waals surface area contributed by atoms with Gasteiger partial charge >= 0.3 is 5.97 Å². The maximum atomic E-state index is 11.9. The number of nitro groups is 1. The summed E-state index contributed by atoms with van der Waals surface area (Å²) in [4.78, 5) is 35.4. The first-order valence-electron chi connectivity index (χ1n) is 7.21. The van der Waals surface area contributed by atoms with Crippen molar-refractivity contribution in [2.75, 3.05) is 11.9 Å². The second-order valence-electron chi connectivity index (χ2n) is 4.98. The van der Waals surface area contributed by atoms with Gasteiger partial charge in [0.15, 0.2) is 6.61 Å². The Morgan fingerprint density at radius 1 is 1.33 bits per heavy atom. The third-order valence-electron chi connectivity index (χ3n) is 3.28. The van der Waals surface area contributed by atoms with Crippen LogP contribution in [0.1, 0.15) is 27.0 Å². The Morgan fingerprint density at radius 3 is 2.71 bits per heavy atom. The van der Waals surface area contributed by atoms with Crippen molar-refractivity contribution in [1.29, 1.82) is 0 Å². The molecule has 0 aliphatic carbocycles. The fourth-order valence-electron chi connectivity index (χ4n) is 2.07. The minimum Gasteiger partial charge on any atom is -0.451 e. The van der Waals surface area contributed by atoms with E-state index < -0.39 is 23.4 Å². The number of anilines is 1. The van der Waals surface area contributed by atoms with Crippen molar-refractivity contribution in [3.63, 3.8) is 0 Å². The number of carbonyl (C=O) groups excluding carboxylic acids is 2. The van der Waals surface area contributed by atoms with E-state index in [2.05, 4.69) is 5.32 Å². The molecule has 1 aromatic heterocycles. The fourth-order valence-corrected chi connectivity index (χ4v) is 3.08. The average molecular weight is 348 g/mol. The lowest BCUT2D eigenvalue weighted by molar-refractivity contribution is -0.384. The summed E-state index contributed by atoms with van der Waals surface area (Å²) in [6.07, 6.45) is 0.822. The number of aryl methyl sites for hydroxylation is 2. The number of ether oxygens (including phenoxy) is 1. The molecule has 0 aliphatic rings. The van der Waals surface area contributed by atoms with Crippen LogP contribution in [0.4, 0.5) is 11.4 Å². The molecule has 126 valence electrons. The standard InChI is InChI=1S/C16H16N2O5S/c1-3-11-7-14(24-10(11)2)16(20)23-9-15(19)17-12-5-4-6-13(8-12)18(21)22/h4-8H,3,9H2,1-2H3,(H,17,19). The molecule has 0 unspecified atom stereocenters. The number of non-ortho nitro benzene ring substituents is 1. The van der Waals surface area contributed by atoms with Gasteiger partial charge in [0.05, 0.1) is 4.92 Å². The van der Waals surface area contributed by atoms with Crippen LogP contribution in [0.3, 0.4) is 0 Å². The van der Waals surface area contributed by atoms with Gasteiger partial charge in [-0.1, -0.05) is 13.0 Å². The van der Waals surface area contributed by atoms with Gasteiger partial charge in [-0.25, -0.2) is 4.79 Å². The third-order valence-corrected chi connectivity index (χ3v) is 4.35. The molecule has 0 bridgehead atoms. The summed E-state index contributed by atoms with van der Waals surface area (Å²) in [6, 6.07) is 7.29. The van der Waals surface area contributed by atoms with E-state index in [0.717, 1.165) is 16.9 Å². The van der Waals surface area contributed by atoms with Crippen LogP contribution in [0, 0.1) is 17.0 Å². The van der Waals surface area contributed by atoms with Crippen molar-refractivity contribution in [1.82, 2.24) is 0 Å². The Bertz CT molecular complexity index is 785. The SMILES string of the molecule is CCc1cc(C(=O)OCC(=O)Nc2cccc([N+](=O)[O-])c2)sc1C. The number of hydrogen-bond donors (Lipinski definition) is 1. The quantitative estimate of drug-likeness (QED) is 0.490. The van der Waals surface area contributed by atoms with E-state index in [1.54, 1.807) is 6.07 Å². The van der Waals surface area contributed by atoms with E-state index in [-0.39, 0.29) is 11.4 Å². The lowest BCUT2D eigenvalue weighted by Gasteiger charge is -2.05. The molecule has 0 fully saturated rings. The minimum absolute atomic E-state index is 0.133. The number of benzene rings is 1. The van der Waals surface area contributed by atoms with Crippen molar-refractivity contribution < 1.29 is 19.2 Å². The number of hydrogen-bond acceptors (Lipinski definition) is 6. The number of esters is 1. The number of rotatable bonds is 6. The molecule has 1 heterocycles.